The molecule has 1 aromatic heterocycles. The van der Waals surface area contributed by atoms with E-state index in [2.05, 4.69) is 15.6 Å². The molecular weight excluding hydrogens is 338 g/mol. The molecule has 0 saturated heterocycles. The minimum atomic E-state index is -0.459. The maximum atomic E-state index is 12.0. The summed E-state index contributed by atoms with van der Waals surface area (Å²) < 4.78 is 5.13. The van der Waals surface area contributed by atoms with E-state index in [9.17, 15) is 9.59 Å². The number of nitrogens with one attached hydrogen (secondary N) is 2. The van der Waals surface area contributed by atoms with E-state index in [-0.39, 0.29) is 18.2 Å². The highest BCUT2D eigenvalue weighted by Gasteiger charge is 2.20. The molecule has 0 aliphatic rings. The Labute approximate surface area is 151 Å². The molecule has 0 radical (unpaired) electrons. The molecule has 25 heavy (non-hydrogen) atoms. The highest BCUT2D eigenvalue weighted by atomic mass is 32.1. The van der Waals surface area contributed by atoms with Gasteiger partial charge in [0, 0.05) is 29.3 Å². The van der Waals surface area contributed by atoms with E-state index < -0.39 is 5.41 Å². The van der Waals surface area contributed by atoms with Crippen LogP contribution in [-0.2, 0) is 9.59 Å². The van der Waals surface area contributed by atoms with Crippen molar-refractivity contribution in [3.05, 3.63) is 29.6 Å². The Morgan fingerprint density at radius 1 is 1.20 bits per heavy atom. The van der Waals surface area contributed by atoms with Crippen molar-refractivity contribution in [1.82, 2.24) is 10.3 Å². The average molecular weight is 361 g/mol. The number of rotatable bonds is 6. The number of anilines is 1. The summed E-state index contributed by atoms with van der Waals surface area (Å²) in [7, 11) is 1.62. The predicted molar refractivity (Wildman–Crippen MR) is 99.8 cm³/mol. The van der Waals surface area contributed by atoms with Crippen molar-refractivity contribution < 1.29 is 14.3 Å². The van der Waals surface area contributed by atoms with E-state index in [1.165, 1.54) is 11.3 Å². The Morgan fingerprint density at radius 3 is 2.48 bits per heavy atom. The van der Waals surface area contributed by atoms with Crippen LogP contribution in [0.15, 0.2) is 29.6 Å². The van der Waals surface area contributed by atoms with Crippen LogP contribution in [0.2, 0.25) is 0 Å². The van der Waals surface area contributed by atoms with Gasteiger partial charge in [0.1, 0.15) is 5.75 Å². The van der Waals surface area contributed by atoms with E-state index in [0.29, 0.717) is 11.7 Å². The van der Waals surface area contributed by atoms with E-state index >= 15 is 0 Å². The SMILES string of the molecule is COc1ccc(-c2csc(NC(=O)CCNC(=O)C(C)(C)C)n2)cc1. The zero-order valence-corrected chi connectivity index (χ0v) is 15.7. The highest BCUT2D eigenvalue weighted by molar-refractivity contribution is 7.14. The number of amides is 2. The van der Waals surface area contributed by atoms with Crippen molar-refractivity contribution in [3.63, 3.8) is 0 Å². The Hall–Kier alpha value is -2.41. The van der Waals surface area contributed by atoms with Crippen LogP contribution in [0, 0.1) is 5.41 Å². The molecule has 0 bridgehead atoms. The van der Waals surface area contributed by atoms with Gasteiger partial charge in [-0.2, -0.15) is 0 Å². The summed E-state index contributed by atoms with van der Waals surface area (Å²) in [5, 5.41) is 7.94. The Balaban J connectivity index is 1.85. The molecule has 2 N–H and O–H groups in total. The van der Waals surface area contributed by atoms with Gasteiger partial charge in [-0.3, -0.25) is 9.59 Å². The van der Waals surface area contributed by atoms with Gasteiger partial charge in [0.2, 0.25) is 11.8 Å². The number of thiazole rings is 1. The smallest absolute Gasteiger partial charge is 0.227 e. The summed E-state index contributed by atoms with van der Waals surface area (Å²) >= 11 is 1.37. The molecule has 0 fully saturated rings. The minimum Gasteiger partial charge on any atom is -0.497 e. The van der Waals surface area contributed by atoms with Crippen LogP contribution in [0.5, 0.6) is 5.75 Å². The molecule has 7 heteroatoms. The molecule has 0 saturated carbocycles. The van der Waals surface area contributed by atoms with Gasteiger partial charge in [-0.25, -0.2) is 4.98 Å². The first-order valence-electron chi connectivity index (χ1n) is 7.97. The molecule has 0 atom stereocenters. The quantitative estimate of drug-likeness (QED) is 0.827. The molecule has 2 amide bonds. The lowest BCUT2D eigenvalue weighted by atomic mass is 9.96. The van der Waals surface area contributed by atoms with Crippen molar-refractivity contribution >= 4 is 28.3 Å². The summed E-state index contributed by atoms with van der Waals surface area (Å²) in [6.07, 6.45) is 0.208. The second kappa shape index (κ2) is 8.11. The maximum absolute atomic E-state index is 12.0. The number of carbonyl (C=O) groups is 2. The van der Waals surface area contributed by atoms with Crippen molar-refractivity contribution in [3.8, 4) is 17.0 Å². The monoisotopic (exact) mass is 361 g/mol. The third-order valence-corrected chi connectivity index (χ3v) is 4.21. The van der Waals surface area contributed by atoms with Crippen LogP contribution < -0.4 is 15.4 Å². The molecule has 2 aromatic rings. The van der Waals surface area contributed by atoms with Crippen LogP contribution in [0.4, 0.5) is 5.13 Å². The van der Waals surface area contributed by atoms with Gasteiger partial charge in [-0.05, 0) is 24.3 Å². The largest absolute Gasteiger partial charge is 0.497 e. The Kier molecular flexibility index (Phi) is 6.14. The topological polar surface area (TPSA) is 80.3 Å². The first-order chi connectivity index (χ1) is 11.8. The predicted octanol–water partition coefficient (Wildman–Crippen LogP) is 3.31. The van der Waals surface area contributed by atoms with Crippen molar-refractivity contribution in [2.75, 3.05) is 19.0 Å². The van der Waals surface area contributed by atoms with Crippen molar-refractivity contribution in [2.24, 2.45) is 5.41 Å². The fourth-order valence-corrected chi connectivity index (χ4v) is 2.70. The molecule has 0 unspecified atom stereocenters. The zero-order valence-electron chi connectivity index (χ0n) is 14.9. The van der Waals surface area contributed by atoms with Crippen LogP contribution in [0.1, 0.15) is 27.2 Å². The van der Waals surface area contributed by atoms with Crippen LogP contribution in [0.25, 0.3) is 11.3 Å². The summed E-state index contributed by atoms with van der Waals surface area (Å²) in [6.45, 7) is 5.80. The molecule has 0 aliphatic heterocycles. The fraction of sp³-hybridized carbons (Fsp3) is 0.389. The van der Waals surface area contributed by atoms with E-state index in [0.717, 1.165) is 17.0 Å². The summed E-state index contributed by atoms with van der Waals surface area (Å²) in [6, 6.07) is 7.57. The molecule has 134 valence electrons. The standard InChI is InChI=1S/C18H23N3O3S/c1-18(2,3)16(23)19-10-9-15(22)21-17-20-14(11-25-17)12-5-7-13(24-4)8-6-12/h5-8,11H,9-10H2,1-4H3,(H,19,23)(H,20,21,22). The van der Waals surface area contributed by atoms with E-state index in [4.69, 9.17) is 4.74 Å². The van der Waals surface area contributed by atoms with Gasteiger partial charge < -0.3 is 15.4 Å². The van der Waals surface area contributed by atoms with Gasteiger partial charge >= 0.3 is 0 Å². The lowest BCUT2D eigenvalue weighted by Gasteiger charge is -2.17. The molecule has 0 aliphatic carbocycles. The number of hydrogen-bond acceptors (Lipinski definition) is 5. The number of nitrogens with zero attached hydrogens (tertiary/aromatic N) is 1. The molecular formula is C18H23N3O3S. The van der Waals surface area contributed by atoms with Crippen LogP contribution in [-0.4, -0.2) is 30.5 Å². The number of ether oxygens (including phenoxy) is 1. The third kappa shape index (κ3) is 5.56. The number of benzene rings is 1. The van der Waals surface area contributed by atoms with Crippen molar-refractivity contribution in [1.29, 1.82) is 0 Å². The van der Waals surface area contributed by atoms with Gasteiger partial charge in [0.25, 0.3) is 0 Å². The molecule has 2 rings (SSSR count). The first-order valence-corrected chi connectivity index (χ1v) is 8.85. The number of carbonyl (C=O) groups excluding carboxylic acids is 2. The summed E-state index contributed by atoms with van der Waals surface area (Å²) in [5.74, 6) is 0.533. The fourth-order valence-electron chi connectivity index (χ4n) is 1.96. The Bertz CT molecular complexity index is 733. The zero-order chi connectivity index (χ0) is 18.4. The first kappa shape index (κ1) is 18.9. The van der Waals surface area contributed by atoms with E-state index in [1.807, 2.05) is 50.4 Å². The minimum absolute atomic E-state index is 0.0728. The van der Waals surface area contributed by atoms with Crippen LogP contribution >= 0.6 is 11.3 Å². The van der Waals surface area contributed by atoms with Gasteiger partial charge in [-0.1, -0.05) is 20.8 Å². The second-order valence-electron chi connectivity index (χ2n) is 6.57. The number of methoxy groups -OCH3 is 1. The molecule has 6 nitrogen and oxygen atoms in total. The van der Waals surface area contributed by atoms with Gasteiger partial charge in [-0.15, -0.1) is 11.3 Å². The highest BCUT2D eigenvalue weighted by Crippen LogP contribution is 2.26. The lowest BCUT2D eigenvalue weighted by molar-refractivity contribution is -0.128. The second-order valence-corrected chi connectivity index (χ2v) is 7.43. The summed E-state index contributed by atoms with van der Waals surface area (Å²) in [5.41, 5.74) is 1.29. The van der Waals surface area contributed by atoms with E-state index in [1.54, 1.807) is 7.11 Å². The number of hydrogen-bond donors (Lipinski definition) is 2. The lowest BCUT2D eigenvalue weighted by Crippen LogP contribution is -2.36. The number of aromatic nitrogens is 1. The van der Waals surface area contributed by atoms with Gasteiger partial charge in [0.05, 0.1) is 12.8 Å². The molecule has 1 heterocycles. The van der Waals surface area contributed by atoms with Crippen LogP contribution in [0.3, 0.4) is 0 Å². The third-order valence-electron chi connectivity index (χ3n) is 3.46. The maximum Gasteiger partial charge on any atom is 0.227 e. The molecule has 0 spiro atoms. The summed E-state index contributed by atoms with van der Waals surface area (Å²) in [4.78, 5) is 28.1. The average Bonchev–Trinajstić information content (AvgIpc) is 3.02. The van der Waals surface area contributed by atoms with Gasteiger partial charge in [0.15, 0.2) is 5.13 Å². The molecule has 1 aromatic carbocycles. The van der Waals surface area contributed by atoms with Crippen molar-refractivity contribution in [2.45, 2.75) is 27.2 Å². The normalized spacial score (nSPS) is 11.0. The Morgan fingerprint density at radius 2 is 1.88 bits per heavy atom.